The molecule has 0 unspecified atom stereocenters. The fraction of sp³-hybridized carbons (Fsp3) is 0.400. The van der Waals surface area contributed by atoms with Crippen LogP contribution in [0.1, 0.15) is 19.7 Å². The van der Waals surface area contributed by atoms with Crippen molar-refractivity contribution in [2.45, 2.75) is 20.3 Å². The molecule has 0 atom stereocenters. The molecule has 0 saturated carbocycles. The maximum absolute atomic E-state index is 11.8. The van der Waals surface area contributed by atoms with Gasteiger partial charge in [-0.2, -0.15) is 0 Å². The van der Waals surface area contributed by atoms with Gasteiger partial charge in [0.25, 0.3) is 0 Å². The van der Waals surface area contributed by atoms with Crippen LogP contribution in [0.2, 0.25) is 5.02 Å². The van der Waals surface area contributed by atoms with Crippen molar-refractivity contribution in [3.8, 4) is 11.5 Å². The van der Waals surface area contributed by atoms with Crippen molar-refractivity contribution < 1.29 is 9.21 Å². The first-order valence-electron chi connectivity index (χ1n) is 7.25. The molecule has 2 aromatic rings. The average Bonchev–Trinajstić information content (AvgIpc) is 2.97. The molecule has 2 rings (SSSR count). The van der Waals surface area contributed by atoms with Gasteiger partial charge in [-0.15, -0.1) is 10.2 Å². The van der Waals surface area contributed by atoms with Crippen LogP contribution in [0.15, 0.2) is 28.7 Å². The Morgan fingerprint density at radius 3 is 2.68 bits per heavy atom. The Labute approximate surface area is 134 Å². The van der Waals surface area contributed by atoms with Gasteiger partial charge in [-0.1, -0.05) is 23.7 Å². The Morgan fingerprint density at radius 2 is 2.00 bits per heavy atom. The lowest BCUT2D eigenvalue weighted by molar-refractivity contribution is 0.203. The molecule has 118 valence electrons. The quantitative estimate of drug-likeness (QED) is 0.887. The first-order valence-corrected chi connectivity index (χ1v) is 7.63. The number of hydrogen-bond donors (Lipinski definition) is 1. The summed E-state index contributed by atoms with van der Waals surface area (Å²) < 4.78 is 5.57. The van der Waals surface area contributed by atoms with Crippen molar-refractivity contribution >= 4 is 17.6 Å². The van der Waals surface area contributed by atoms with Crippen molar-refractivity contribution in [2.75, 3.05) is 19.6 Å². The second-order valence-corrected chi connectivity index (χ2v) is 5.04. The van der Waals surface area contributed by atoms with Crippen LogP contribution in [0.5, 0.6) is 0 Å². The number of nitrogens with one attached hydrogen (secondary N) is 1. The Hall–Kier alpha value is -2.08. The second kappa shape index (κ2) is 7.79. The normalized spacial score (nSPS) is 10.5. The van der Waals surface area contributed by atoms with E-state index in [1.807, 2.05) is 32.0 Å². The minimum Gasteiger partial charge on any atom is -0.421 e. The lowest BCUT2D eigenvalue weighted by atomic mass is 10.2. The fourth-order valence-electron chi connectivity index (χ4n) is 2.00. The molecular formula is C15H19ClN4O2. The molecule has 0 spiro atoms. The number of hydrogen-bond acceptors (Lipinski definition) is 4. The Morgan fingerprint density at radius 1 is 1.27 bits per heavy atom. The van der Waals surface area contributed by atoms with Crippen molar-refractivity contribution in [1.29, 1.82) is 0 Å². The summed E-state index contributed by atoms with van der Waals surface area (Å²) in [4.78, 5) is 13.5. The molecule has 0 aliphatic carbocycles. The topological polar surface area (TPSA) is 71.3 Å². The predicted octanol–water partition coefficient (Wildman–Crippen LogP) is 2.98. The molecule has 2 amide bonds. The summed E-state index contributed by atoms with van der Waals surface area (Å²) in [7, 11) is 0. The van der Waals surface area contributed by atoms with Gasteiger partial charge in [-0.05, 0) is 26.0 Å². The number of urea groups is 1. The van der Waals surface area contributed by atoms with Gasteiger partial charge >= 0.3 is 6.03 Å². The van der Waals surface area contributed by atoms with Crippen LogP contribution in [-0.2, 0) is 6.42 Å². The van der Waals surface area contributed by atoms with Crippen LogP contribution in [0, 0.1) is 0 Å². The summed E-state index contributed by atoms with van der Waals surface area (Å²) in [6, 6.07) is 7.20. The third kappa shape index (κ3) is 3.98. The molecule has 1 N–H and O–H groups in total. The van der Waals surface area contributed by atoms with E-state index < -0.39 is 0 Å². The van der Waals surface area contributed by atoms with Crippen LogP contribution < -0.4 is 5.32 Å². The SMILES string of the molecule is CCN(CC)C(=O)NCCc1nnc(-c2ccccc2Cl)o1. The lowest BCUT2D eigenvalue weighted by Crippen LogP contribution is -2.40. The number of amides is 2. The van der Waals surface area contributed by atoms with E-state index in [1.165, 1.54) is 0 Å². The van der Waals surface area contributed by atoms with Gasteiger partial charge in [0.1, 0.15) is 0 Å². The number of nitrogens with zero attached hydrogens (tertiary/aromatic N) is 3. The predicted molar refractivity (Wildman–Crippen MR) is 84.8 cm³/mol. The van der Waals surface area contributed by atoms with Crippen molar-refractivity contribution in [3.05, 3.63) is 35.2 Å². The van der Waals surface area contributed by atoms with Crippen LogP contribution in [-0.4, -0.2) is 40.8 Å². The third-order valence-electron chi connectivity index (χ3n) is 3.24. The smallest absolute Gasteiger partial charge is 0.317 e. The van der Waals surface area contributed by atoms with E-state index in [0.29, 0.717) is 48.4 Å². The maximum atomic E-state index is 11.8. The van der Waals surface area contributed by atoms with E-state index in [-0.39, 0.29) is 6.03 Å². The highest BCUT2D eigenvalue weighted by Crippen LogP contribution is 2.26. The molecule has 0 aliphatic rings. The van der Waals surface area contributed by atoms with Crippen LogP contribution in [0.3, 0.4) is 0 Å². The van der Waals surface area contributed by atoms with E-state index in [2.05, 4.69) is 15.5 Å². The van der Waals surface area contributed by atoms with Crippen molar-refractivity contribution in [3.63, 3.8) is 0 Å². The minimum atomic E-state index is -0.0872. The molecule has 22 heavy (non-hydrogen) atoms. The summed E-state index contributed by atoms with van der Waals surface area (Å²) in [6.07, 6.45) is 0.477. The average molecular weight is 323 g/mol. The monoisotopic (exact) mass is 322 g/mol. The first-order chi connectivity index (χ1) is 10.7. The molecule has 0 aliphatic heterocycles. The zero-order valence-corrected chi connectivity index (χ0v) is 13.4. The molecule has 6 nitrogen and oxygen atoms in total. The highest BCUT2D eigenvalue weighted by molar-refractivity contribution is 6.33. The minimum absolute atomic E-state index is 0.0872. The molecule has 1 aromatic carbocycles. The number of halogens is 1. The van der Waals surface area contributed by atoms with Gasteiger partial charge in [-0.3, -0.25) is 0 Å². The van der Waals surface area contributed by atoms with Crippen molar-refractivity contribution in [1.82, 2.24) is 20.4 Å². The molecule has 1 aromatic heterocycles. The van der Waals surface area contributed by atoms with Gasteiger partial charge in [0, 0.05) is 26.1 Å². The molecule has 7 heteroatoms. The van der Waals surface area contributed by atoms with Crippen molar-refractivity contribution in [2.24, 2.45) is 0 Å². The van der Waals surface area contributed by atoms with Crippen LogP contribution in [0.25, 0.3) is 11.5 Å². The van der Waals surface area contributed by atoms with Gasteiger partial charge < -0.3 is 14.6 Å². The van der Waals surface area contributed by atoms with E-state index in [1.54, 1.807) is 11.0 Å². The highest BCUT2D eigenvalue weighted by atomic mass is 35.5. The van der Waals surface area contributed by atoms with Gasteiger partial charge in [-0.25, -0.2) is 4.79 Å². The fourth-order valence-corrected chi connectivity index (χ4v) is 2.21. The maximum Gasteiger partial charge on any atom is 0.317 e. The van der Waals surface area contributed by atoms with Crippen LogP contribution >= 0.6 is 11.6 Å². The van der Waals surface area contributed by atoms with E-state index in [0.717, 1.165) is 0 Å². The Kier molecular flexibility index (Phi) is 5.77. The second-order valence-electron chi connectivity index (χ2n) is 4.64. The number of carbonyl (C=O) groups excluding carboxylic acids is 1. The summed E-state index contributed by atoms with van der Waals surface area (Å²) >= 11 is 6.09. The third-order valence-corrected chi connectivity index (χ3v) is 3.57. The van der Waals surface area contributed by atoms with Crippen LogP contribution in [0.4, 0.5) is 4.79 Å². The number of benzene rings is 1. The lowest BCUT2D eigenvalue weighted by Gasteiger charge is -2.18. The first kappa shape index (κ1) is 16.3. The Bertz CT molecular complexity index is 626. The number of rotatable bonds is 6. The highest BCUT2D eigenvalue weighted by Gasteiger charge is 2.12. The molecule has 0 bridgehead atoms. The molecule has 1 heterocycles. The molecule has 0 radical (unpaired) electrons. The zero-order valence-electron chi connectivity index (χ0n) is 12.7. The summed E-state index contributed by atoms with van der Waals surface area (Å²) in [5, 5.41) is 11.4. The molecular weight excluding hydrogens is 304 g/mol. The standard InChI is InChI=1S/C15H19ClN4O2/c1-3-20(4-2)15(21)17-10-9-13-18-19-14(22-13)11-7-5-6-8-12(11)16/h5-8H,3-4,9-10H2,1-2H3,(H,17,21). The molecule has 0 fully saturated rings. The van der Waals surface area contributed by atoms with E-state index in [4.69, 9.17) is 16.0 Å². The summed E-state index contributed by atoms with van der Waals surface area (Å²) in [5.41, 5.74) is 0.704. The largest absolute Gasteiger partial charge is 0.421 e. The van der Waals surface area contributed by atoms with Gasteiger partial charge in [0.2, 0.25) is 11.8 Å². The Balaban J connectivity index is 1.91. The summed E-state index contributed by atoms with van der Waals surface area (Å²) in [6.45, 7) is 5.69. The van der Waals surface area contributed by atoms with Gasteiger partial charge in [0.05, 0.1) is 10.6 Å². The molecule has 0 saturated heterocycles. The van der Waals surface area contributed by atoms with Gasteiger partial charge in [0.15, 0.2) is 0 Å². The number of aromatic nitrogens is 2. The zero-order chi connectivity index (χ0) is 15.9. The van der Waals surface area contributed by atoms with E-state index >= 15 is 0 Å². The summed E-state index contributed by atoms with van der Waals surface area (Å²) in [5.74, 6) is 0.852. The van der Waals surface area contributed by atoms with E-state index in [9.17, 15) is 4.79 Å². The number of carbonyl (C=O) groups is 1.